The minimum absolute atomic E-state index is 0.0828. The molecule has 1 spiro atoms. The summed E-state index contributed by atoms with van der Waals surface area (Å²) < 4.78 is 11.9. The monoisotopic (exact) mass is 684 g/mol. The van der Waals surface area contributed by atoms with E-state index in [1.165, 1.54) is 5.57 Å². The highest BCUT2D eigenvalue weighted by Crippen LogP contribution is 2.80. The molecule has 7 rings (SSSR count). The van der Waals surface area contributed by atoms with Crippen molar-refractivity contribution in [2.45, 2.75) is 143 Å². The van der Waals surface area contributed by atoms with Gasteiger partial charge in [0.05, 0.1) is 11.5 Å². The molecule has 5 fully saturated rings. The third kappa shape index (κ3) is 4.33. The van der Waals surface area contributed by atoms with E-state index in [2.05, 4.69) is 59.8 Å². The number of carboxylic acids is 2. The van der Waals surface area contributed by atoms with Gasteiger partial charge in [0.15, 0.2) is 12.4 Å². The molecule has 0 amide bonds. The van der Waals surface area contributed by atoms with Gasteiger partial charge in [-0.05, 0) is 103 Å². The average molecular weight is 685 g/mol. The molecule has 7 aliphatic rings. The van der Waals surface area contributed by atoms with E-state index in [0.29, 0.717) is 25.2 Å². The number of allylic oxidation sites excluding steroid dienone is 4. The number of carboxylic acid groups (broad SMARTS) is 2. The van der Waals surface area contributed by atoms with Crippen LogP contribution in [0.5, 0.6) is 0 Å². The van der Waals surface area contributed by atoms with Crippen molar-refractivity contribution < 1.29 is 49.4 Å². The van der Waals surface area contributed by atoms with Crippen LogP contribution in [0.15, 0.2) is 23.8 Å². The third-order valence-electron chi connectivity index (χ3n) is 16.4. The lowest BCUT2D eigenvalue weighted by atomic mass is 9.29. The van der Waals surface area contributed by atoms with E-state index in [1.54, 1.807) is 0 Å². The van der Waals surface area contributed by atoms with Crippen LogP contribution in [-0.4, -0.2) is 80.6 Å². The van der Waals surface area contributed by atoms with Gasteiger partial charge in [0, 0.05) is 11.3 Å². The number of rotatable bonds is 5. The number of hydrogen-bond acceptors (Lipinski definition) is 8. The number of aliphatic hydroxyl groups excluding tert-OH is 3. The third-order valence-corrected chi connectivity index (χ3v) is 16.4. The first-order chi connectivity index (χ1) is 22.8. The van der Waals surface area contributed by atoms with Crippen molar-refractivity contribution in [3.63, 3.8) is 0 Å². The predicted molar refractivity (Wildman–Crippen MR) is 178 cm³/mol. The molecule has 15 atom stereocenters. The zero-order valence-electron chi connectivity index (χ0n) is 29.9. The van der Waals surface area contributed by atoms with Crippen LogP contribution in [0.1, 0.15) is 106 Å². The van der Waals surface area contributed by atoms with Gasteiger partial charge >= 0.3 is 11.9 Å². The van der Waals surface area contributed by atoms with Crippen LogP contribution in [0.4, 0.5) is 0 Å². The van der Waals surface area contributed by atoms with Crippen LogP contribution in [0.25, 0.3) is 0 Å². The lowest BCUT2D eigenvalue weighted by Crippen LogP contribution is -2.69. The molecule has 6 aliphatic carbocycles. The second kappa shape index (κ2) is 11.0. The number of carbonyl (C=O) groups excluding carboxylic acids is 1. The summed E-state index contributed by atoms with van der Waals surface area (Å²) in [5.74, 6) is -2.26. The minimum atomic E-state index is -1.77. The summed E-state index contributed by atoms with van der Waals surface area (Å²) in [5, 5.41) is 52.0. The van der Waals surface area contributed by atoms with Crippen LogP contribution < -0.4 is 0 Å². The molecule has 4 saturated carbocycles. The molecule has 0 radical (unpaired) electrons. The maximum absolute atomic E-state index is 13.5. The minimum Gasteiger partial charge on any atom is -0.481 e. The summed E-state index contributed by atoms with van der Waals surface area (Å²) in [6, 6.07) is 0. The first kappa shape index (κ1) is 35.3. The van der Waals surface area contributed by atoms with Gasteiger partial charge in [0.2, 0.25) is 0 Å². The van der Waals surface area contributed by atoms with Crippen molar-refractivity contribution in [3.8, 4) is 0 Å². The Labute approximate surface area is 289 Å². The van der Waals surface area contributed by atoms with Gasteiger partial charge in [-0.2, -0.15) is 0 Å². The Kier molecular flexibility index (Phi) is 7.89. The average Bonchev–Trinajstić information content (AvgIpc) is 3.01. The summed E-state index contributed by atoms with van der Waals surface area (Å²) in [6.07, 6.45) is 6.82. The first-order valence-electron chi connectivity index (χ1n) is 18.4. The summed E-state index contributed by atoms with van der Waals surface area (Å²) in [4.78, 5) is 38.0. The molecule has 15 unspecified atom stereocenters. The molecule has 1 heterocycles. The van der Waals surface area contributed by atoms with Crippen LogP contribution in [-0.2, 0) is 23.9 Å². The molecule has 10 heteroatoms. The van der Waals surface area contributed by atoms with Crippen LogP contribution >= 0.6 is 0 Å². The number of ether oxygens (including phenoxy) is 2. The SMILES string of the molecule is CC12CC=CC3(C1)C1=CCC4C5(C)CCC(OC6OC(C(=O)O)C(O)C(O)C6O)C(C)(C)C5CCC4(C)C1(C)CCC3(C(=O)O)C(C=O)C2. The Morgan fingerprint density at radius 1 is 0.918 bits per heavy atom. The van der Waals surface area contributed by atoms with Gasteiger partial charge in [-0.1, -0.05) is 65.3 Å². The lowest BCUT2D eigenvalue weighted by molar-refractivity contribution is -0.324. The molecular formula is C39H56O10. The summed E-state index contributed by atoms with van der Waals surface area (Å²) in [5.41, 5.74) is -1.57. The van der Waals surface area contributed by atoms with E-state index in [-0.39, 0.29) is 39.1 Å². The number of carbonyl (C=O) groups is 3. The number of aliphatic carboxylic acids is 2. The maximum atomic E-state index is 13.5. The number of aliphatic hydroxyl groups is 3. The van der Waals surface area contributed by atoms with Crippen molar-refractivity contribution >= 4 is 18.2 Å². The van der Waals surface area contributed by atoms with E-state index >= 15 is 0 Å². The zero-order valence-corrected chi connectivity index (χ0v) is 29.9. The Bertz CT molecular complexity index is 1490. The van der Waals surface area contributed by atoms with E-state index in [9.17, 15) is 39.9 Å². The number of aldehydes is 1. The number of hydrogen-bond donors (Lipinski definition) is 5. The fraction of sp³-hybridized carbons (Fsp3) is 0.821. The van der Waals surface area contributed by atoms with Crippen molar-refractivity contribution in [1.29, 1.82) is 0 Å². The molecule has 49 heavy (non-hydrogen) atoms. The Hall–Kier alpha value is -2.11. The van der Waals surface area contributed by atoms with Crippen LogP contribution in [0.2, 0.25) is 0 Å². The second-order valence-electron chi connectivity index (χ2n) is 18.8. The standard InChI is InChI=1S/C39H56O10/c1-33(2)22-10-15-36(5)23(35(22,4)14-11-25(33)48-31-28(43)26(41)27(42)29(49-31)30(44)45)8-9-24-37(36,6)16-17-39(32(46)47)21(19-40)18-34(3)12-7-13-38(24,39)20-34/h7,9,13,19,21-23,25-29,31,41-43H,8,10-12,14-18,20H2,1-6H3,(H,44,45)(H,46,47). The summed E-state index contributed by atoms with van der Waals surface area (Å²) in [6.45, 7) is 13.8. The lowest BCUT2D eigenvalue weighted by Gasteiger charge is -2.74. The quantitative estimate of drug-likeness (QED) is 0.153. The Morgan fingerprint density at radius 2 is 1.63 bits per heavy atom. The molecule has 1 aliphatic heterocycles. The normalized spacial score (nSPS) is 54.3. The Balaban J connectivity index is 1.23. The smallest absolute Gasteiger partial charge is 0.335 e. The van der Waals surface area contributed by atoms with E-state index in [0.717, 1.165) is 51.2 Å². The summed E-state index contributed by atoms with van der Waals surface area (Å²) >= 11 is 0. The molecule has 1 saturated heterocycles. The molecule has 0 aromatic rings. The van der Waals surface area contributed by atoms with Crippen molar-refractivity contribution in [1.82, 2.24) is 0 Å². The molecule has 10 nitrogen and oxygen atoms in total. The first-order valence-corrected chi connectivity index (χ1v) is 18.4. The van der Waals surface area contributed by atoms with E-state index < -0.39 is 59.4 Å². The molecule has 2 bridgehead atoms. The Morgan fingerprint density at radius 3 is 2.29 bits per heavy atom. The second-order valence-corrected chi connectivity index (χ2v) is 18.8. The van der Waals surface area contributed by atoms with Crippen molar-refractivity contribution in [2.24, 2.45) is 55.7 Å². The van der Waals surface area contributed by atoms with E-state index in [1.807, 2.05) is 0 Å². The fourth-order valence-corrected chi connectivity index (χ4v) is 13.9. The highest BCUT2D eigenvalue weighted by atomic mass is 16.7. The van der Waals surface area contributed by atoms with Crippen molar-refractivity contribution in [3.05, 3.63) is 23.8 Å². The zero-order chi connectivity index (χ0) is 35.7. The maximum Gasteiger partial charge on any atom is 0.335 e. The van der Waals surface area contributed by atoms with Gasteiger partial charge in [-0.15, -0.1) is 0 Å². The molecular weight excluding hydrogens is 628 g/mol. The van der Waals surface area contributed by atoms with Crippen molar-refractivity contribution in [2.75, 3.05) is 0 Å². The molecule has 0 aromatic carbocycles. The van der Waals surface area contributed by atoms with Gasteiger partial charge < -0.3 is 39.8 Å². The molecule has 0 aromatic heterocycles. The summed E-state index contributed by atoms with van der Waals surface area (Å²) in [7, 11) is 0. The van der Waals surface area contributed by atoms with E-state index in [4.69, 9.17) is 9.47 Å². The van der Waals surface area contributed by atoms with Gasteiger partial charge in [-0.3, -0.25) is 4.79 Å². The van der Waals surface area contributed by atoms with Crippen LogP contribution in [0, 0.1) is 55.7 Å². The number of fused-ring (bicyclic) bond motifs is 6. The van der Waals surface area contributed by atoms with Gasteiger partial charge in [0.1, 0.15) is 24.6 Å². The largest absolute Gasteiger partial charge is 0.481 e. The van der Waals surface area contributed by atoms with Gasteiger partial charge in [-0.25, -0.2) is 4.79 Å². The highest BCUT2D eigenvalue weighted by molar-refractivity contribution is 5.83. The molecule has 272 valence electrons. The predicted octanol–water partition coefficient (Wildman–Crippen LogP) is 4.89. The topological polar surface area (TPSA) is 171 Å². The fourth-order valence-electron chi connectivity index (χ4n) is 13.9. The van der Waals surface area contributed by atoms with Gasteiger partial charge in [0.25, 0.3) is 0 Å². The highest BCUT2D eigenvalue weighted by Gasteiger charge is 2.75. The molecule has 5 N–H and O–H groups in total. The van der Waals surface area contributed by atoms with Crippen LogP contribution in [0.3, 0.4) is 0 Å².